The van der Waals surface area contributed by atoms with Gasteiger partial charge in [0.25, 0.3) is 5.91 Å². The Labute approximate surface area is 247 Å². The predicted octanol–water partition coefficient (Wildman–Crippen LogP) is 1.42. The van der Waals surface area contributed by atoms with E-state index in [1.807, 2.05) is 32.1 Å². The lowest BCUT2D eigenvalue weighted by Gasteiger charge is -2.42. The van der Waals surface area contributed by atoms with Gasteiger partial charge in [0, 0.05) is 17.8 Å². The van der Waals surface area contributed by atoms with Crippen molar-refractivity contribution >= 4 is 33.8 Å². The van der Waals surface area contributed by atoms with Crippen LogP contribution in [0.3, 0.4) is 0 Å². The summed E-state index contributed by atoms with van der Waals surface area (Å²) in [6, 6.07) is -1.20. The Morgan fingerprint density at radius 1 is 1.21 bits per heavy atom. The Morgan fingerprint density at radius 3 is 2.43 bits per heavy atom. The molecule has 12 nitrogen and oxygen atoms in total. The molecule has 42 heavy (non-hydrogen) atoms. The summed E-state index contributed by atoms with van der Waals surface area (Å²) in [5, 5.41) is 16.4. The van der Waals surface area contributed by atoms with Crippen LogP contribution in [0.25, 0.3) is 0 Å². The van der Waals surface area contributed by atoms with E-state index in [0.29, 0.717) is 19.3 Å². The largest absolute Gasteiger partial charge is 0.444 e. The maximum absolute atomic E-state index is 13.8. The number of amides is 4. The first-order valence-corrected chi connectivity index (χ1v) is 15.7. The van der Waals surface area contributed by atoms with Gasteiger partial charge in [-0.2, -0.15) is 0 Å². The molecule has 0 spiro atoms. The van der Waals surface area contributed by atoms with Gasteiger partial charge in [-0.3, -0.25) is 19.1 Å². The van der Waals surface area contributed by atoms with Crippen molar-refractivity contribution in [3.05, 3.63) is 36.5 Å². The van der Waals surface area contributed by atoms with Crippen molar-refractivity contribution in [1.29, 1.82) is 0 Å². The van der Waals surface area contributed by atoms with E-state index in [9.17, 15) is 32.7 Å². The fourth-order valence-electron chi connectivity index (χ4n) is 5.82. The summed E-state index contributed by atoms with van der Waals surface area (Å²) in [7, 11) is -3.87. The van der Waals surface area contributed by atoms with Gasteiger partial charge in [-0.15, -0.1) is 6.58 Å². The van der Waals surface area contributed by atoms with Gasteiger partial charge in [-0.1, -0.05) is 36.8 Å². The Balaban J connectivity index is 1.57. The van der Waals surface area contributed by atoms with Crippen molar-refractivity contribution in [1.82, 2.24) is 20.3 Å². The molecule has 0 aromatic rings. The smallest absolute Gasteiger partial charge is 0.408 e. The molecule has 1 heterocycles. The zero-order chi connectivity index (χ0) is 31.3. The minimum absolute atomic E-state index is 0.137. The lowest BCUT2D eigenvalue weighted by atomic mass is 9.66. The zero-order valence-corrected chi connectivity index (χ0v) is 25.7. The van der Waals surface area contributed by atoms with Gasteiger partial charge >= 0.3 is 6.09 Å². The van der Waals surface area contributed by atoms with Crippen LogP contribution in [-0.4, -0.2) is 83.4 Å². The SMILES string of the molecule is C=C[C@@H]1C[C@]1(NC(=O)[C@@H]1C[C@@](O)([C@@]2(C)C=CC=C(C)C2)CN1C(=O)CNC(=O)OC(C)(C)C)C(=O)NS(=O)(=O)C1CC1. The van der Waals surface area contributed by atoms with Crippen molar-refractivity contribution in [2.24, 2.45) is 11.3 Å². The number of rotatable bonds is 9. The van der Waals surface area contributed by atoms with Crippen LogP contribution in [0.1, 0.15) is 66.7 Å². The highest BCUT2D eigenvalue weighted by molar-refractivity contribution is 7.91. The van der Waals surface area contributed by atoms with Crippen LogP contribution in [0, 0.1) is 11.3 Å². The molecule has 13 heteroatoms. The van der Waals surface area contributed by atoms with Crippen LogP contribution in [0.5, 0.6) is 0 Å². The summed E-state index contributed by atoms with van der Waals surface area (Å²) in [6.07, 6.45) is 7.71. The highest BCUT2D eigenvalue weighted by Crippen LogP contribution is 2.49. The number of sulfonamides is 1. The molecule has 0 radical (unpaired) electrons. The molecule has 5 atom stereocenters. The molecule has 4 amide bonds. The molecule has 4 rings (SSSR count). The number of allylic oxidation sites excluding steroid dienone is 3. The van der Waals surface area contributed by atoms with E-state index in [4.69, 9.17) is 4.74 Å². The van der Waals surface area contributed by atoms with Crippen molar-refractivity contribution < 1.29 is 37.4 Å². The maximum atomic E-state index is 13.8. The molecule has 1 saturated heterocycles. The van der Waals surface area contributed by atoms with Gasteiger partial charge in [0.2, 0.25) is 21.8 Å². The quantitative estimate of drug-likeness (QED) is 0.286. The minimum Gasteiger partial charge on any atom is -0.444 e. The second-order valence-electron chi connectivity index (χ2n) is 13.3. The van der Waals surface area contributed by atoms with Gasteiger partial charge in [0.1, 0.15) is 23.7 Å². The number of ether oxygens (including phenoxy) is 1. The van der Waals surface area contributed by atoms with Crippen molar-refractivity contribution in [3.8, 4) is 0 Å². The van der Waals surface area contributed by atoms with Crippen LogP contribution < -0.4 is 15.4 Å². The number of carbonyl (C=O) groups is 4. The average molecular weight is 607 g/mol. The van der Waals surface area contributed by atoms with Crippen LogP contribution in [0.4, 0.5) is 4.79 Å². The summed E-state index contributed by atoms with van der Waals surface area (Å²) in [5.74, 6) is -2.71. The third-order valence-corrected chi connectivity index (χ3v) is 10.4. The van der Waals surface area contributed by atoms with E-state index in [1.165, 1.54) is 11.0 Å². The second kappa shape index (κ2) is 10.8. The first kappa shape index (κ1) is 31.7. The number of nitrogens with one attached hydrogen (secondary N) is 3. The number of β-amino-alcohol motifs (C(OH)–C–C–N with tert-alkyl or cyclic N) is 1. The van der Waals surface area contributed by atoms with Gasteiger partial charge in [-0.05, 0) is 53.4 Å². The molecule has 4 aliphatic rings. The molecule has 0 aromatic carbocycles. The first-order chi connectivity index (χ1) is 19.3. The Morgan fingerprint density at radius 2 is 1.88 bits per heavy atom. The molecule has 3 aliphatic carbocycles. The molecule has 4 N–H and O–H groups in total. The molecule has 2 saturated carbocycles. The first-order valence-electron chi connectivity index (χ1n) is 14.2. The van der Waals surface area contributed by atoms with E-state index in [2.05, 4.69) is 21.9 Å². The van der Waals surface area contributed by atoms with Crippen molar-refractivity contribution in [2.75, 3.05) is 13.1 Å². The minimum atomic E-state index is -3.87. The van der Waals surface area contributed by atoms with Crippen LogP contribution in [0.15, 0.2) is 36.5 Å². The van der Waals surface area contributed by atoms with Crippen molar-refractivity contribution in [2.45, 2.75) is 94.8 Å². The molecule has 3 fully saturated rings. The molecule has 0 unspecified atom stereocenters. The Hall–Kier alpha value is -3.19. The lowest BCUT2D eigenvalue weighted by Crippen LogP contribution is -2.57. The standard InChI is InChI=1S/C29H42N4O8S/c1-7-19-14-29(19,24(36)32-42(39,40)20-10-11-20)31-23(35)21-15-28(38,27(6)12-8-9-18(2)13-27)17-33(21)22(34)16-30-25(37)41-26(3,4)5/h7-9,12,19-21,38H,1,10-11,13-17H2,2-6H3,(H,30,37)(H,31,35)(H,32,36)/t19-,21+,27+,28+,29-/m1/s1. The number of likely N-dealkylation sites (tertiary alicyclic amines) is 1. The molecule has 1 aliphatic heterocycles. The number of hydrogen-bond acceptors (Lipinski definition) is 8. The van der Waals surface area contributed by atoms with E-state index < -0.39 is 79.7 Å². The van der Waals surface area contributed by atoms with Crippen LogP contribution in [0.2, 0.25) is 0 Å². The van der Waals surface area contributed by atoms with E-state index in [0.717, 1.165) is 5.57 Å². The third-order valence-electron chi connectivity index (χ3n) is 8.55. The average Bonchev–Trinajstić information content (AvgIpc) is 3.78. The monoisotopic (exact) mass is 606 g/mol. The van der Waals surface area contributed by atoms with Crippen LogP contribution in [-0.2, 0) is 29.1 Å². The number of aliphatic hydroxyl groups is 1. The summed E-state index contributed by atoms with van der Waals surface area (Å²) in [6.45, 7) is 11.9. The second-order valence-corrected chi connectivity index (χ2v) is 15.2. The Kier molecular flexibility index (Phi) is 8.18. The Bertz CT molecular complexity index is 1350. The maximum Gasteiger partial charge on any atom is 0.408 e. The number of nitrogens with zero attached hydrogens (tertiary/aromatic N) is 1. The molecule has 0 aromatic heterocycles. The van der Waals surface area contributed by atoms with E-state index >= 15 is 0 Å². The zero-order valence-electron chi connectivity index (χ0n) is 24.9. The fraction of sp³-hybridized carbons (Fsp3) is 0.655. The van der Waals surface area contributed by atoms with Gasteiger partial charge in [0.05, 0.1) is 17.4 Å². The topological polar surface area (TPSA) is 171 Å². The van der Waals surface area contributed by atoms with Crippen molar-refractivity contribution in [3.63, 3.8) is 0 Å². The predicted molar refractivity (Wildman–Crippen MR) is 154 cm³/mol. The summed E-state index contributed by atoms with van der Waals surface area (Å²) in [4.78, 5) is 53.9. The number of hydrogen-bond donors (Lipinski definition) is 4. The fourth-order valence-corrected chi connectivity index (χ4v) is 7.18. The van der Waals surface area contributed by atoms with E-state index in [1.54, 1.807) is 20.8 Å². The van der Waals surface area contributed by atoms with Gasteiger partial charge < -0.3 is 25.4 Å². The third kappa shape index (κ3) is 6.41. The van der Waals surface area contributed by atoms with Gasteiger partial charge in [-0.25, -0.2) is 13.2 Å². The molecular weight excluding hydrogens is 564 g/mol. The summed E-state index contributed by atoms with van der Waals surface area (Å²) in [5.41, 5.74) is -3.64. The highest BCUT2D eigenvalue weighted by Gasteiger charge is 2.63. The van der Waals surface area contributed by atoms with Crippen LogP contribution >= 0.6 is 0 Å². The number of carbonyl (C=O) groups excluding carboxylic acids is 4. The van der Waals surface area contributed by atoms with E-state index in [-0.39, 0.29) is 19.4 Å². The summed E-state index contributed by atoms with van der Waals surface area (Å²) < 4.78 is 32.3. The highest BCUT2D eigenvalue weighted by atomic mass is 32.2. The molecule has 232 valence electrons. The van der Waals surface area contributed by atoms with Gasteiger partial charge in [0.15, 0.2) is 0 Å². The number of alkyl carbamates (subject to hydrolysis) is 1. The molecular formula is C29H42N4O8S. The summed E-state index contributed by atoms with van der Waals surface area (Å²) >= 11 is 0. The normalized spacial score (nSPS) is 32.4. The lowest BCUT2D eigenvalue weighted by molar-refractivity contribution is -0.139. The molecule has 0 bridgehead atoms.